The Hall–Kier alpha value is -4.22. The van der Waals surface area contributed by atoms with Gasteiger partial charge in [0.25, 0.3) is 5.91 Å². The van der Waals surface area contributed by atoms with Crippen LogP contribution in [0.3, 0.4) is 0 Å². The summed E-state index contributed by atoms with van der Waals surface area (Å²) in [5.74, 6) is -0.986. The van der Waals surface area contributed by atoms with E-state index in [9.17, 15) is 14.7 Å². The molecule has 5 rings (SSSR count). The number of alkyl halides is 1. The van der Waals surface area contributed by atoms with E-state index >= 15 is 4.39 Å². The smallest absolute Gasteiger partial charge is 0.338 e. The molecule has 0 radical (unpaired) electrons. The first-order valence-corrected chi connectivity index (χ1v) is 10.8. The van der Waals surface area contributed by atoms with Gasteiger partial charge in [-0.05, 0) is 24.3 Å². The summed E-state index contributed by atoms with van der Waals surface area (Å²) in [6, 6.07) is 16.7. The zero-order valence-electron chi connectivity index (χ0n) is 18.2. The molecule has 1 amide bonds. The van der Waals surface area contributed by atoms with Crippen LogP contribution in [0.15, 0.2) is 73.3 Å². The minimum Gasteiger partial charge on any atom is -0.453 e. The summed E-state index contributed by atoms with van der Waals surface area (Å²) >= 11 is 0. The number of amides is 1. The van der Waals surface area contributed by atoms with E-state index < -0.39 is 43.1 Å². The molecule has 1 fully saturated rings. The lowest BCUT2D eigenvalue weighted by molar-refractivity contribution is -0.0508. The first kappa shape index (κ1) is 22.6. The van der Waals surface area contributed by atoms with Gasteiger partial charge in [0.05, 0.1) is 18.5 Å². The number of hydrogen-bond acceptors (Lipinski definition) is 8. The van der Waals surface area contributed by atoms with E-state index in [1.54, 1.807) is 60.7 Å². The number of hydrogen-bond donors (Lipinski definition) is 2. The average molecular weight is 477 g/mol. The lowest BCUT2D eigenvalue weighted by Gasteiger charge is -2.18. The zero-order chi connectivity index (χ0) is 24.4. The molecule has 1 aliphatic rings. The Labute approximate surface area is 198 Å². The molecule has 1 saturated heterocycles. The third-order valence-corrected chi connectivity index (χ3v) is 5.60. The molecule has 2 aromatic heterocycles. The fourth-order valence-corrected chi connectivity index (χ4v) is 3.87. The van der Waals surface area contributed by atoms with Gasteiger partial charge in [-0.15, -0.1) is 0 Å². The second-order valence-electron chi connectivity index (χ2n) is 7.79. The number of carbonyl (C=O) groups is 2. The maximum absolute atomic E-state index is 15.5. The molecule has 0 spiro atoms. The molecule has 4 aromatic rings. The van der Waals surface area contributed by atoms with Gasteiger partial charge in [0.15, 0.2) is 35.5 Å². The summed E-state index contributed by atoms with van der Waals surface area (Å²) < 4.78 is 27.9. The van der Waals surface area contributed by atoms with Crippen LogP contribution in [0.4, 0.5) is 10.2 Å². The number of fused-ring (bicyclic) bond motifs is 1. The van der Waals surface area contributed by atoms with Gasteiger partial charge in [-0.25, -0.2) is 24.1 Å². The number of esters is 1. The summed E-state index contributed by atoms with van der Waals surface area (Å²) in [5.41, 5.74) is 1.09. The Morgan fingerprint density at radius 3 is 2.40 bits per heavy atom. The van der Waals surface area contributed by atoms with Crippen molar-refractivity contribution in [3.8, 4) is 0 Å². The van der Waals surface area contributed by atoms with Crippen LogP contribution in [0, 0.1) is 0 Å². The number of anilines is 1. The van der Waals surface area contributed by atoms with Crippen LogP contribution < -0.4 is 5.32 Å². The highest BCUT2D eigenvalue weighted by Gasteiger charge is 2.49. The Bertz CT molecular complexity index is 1350. The van der Waals surface area contributed by atoms with Crippen LogP contribution >= 0.6 is 0 Å². The monoisotopic (exact) mass is 477 g/mol. The molecule has 0 bridgehead atoms. The van der Waals surface area contributed by atoms with Crippen LogP contribution in [-0.4, -0.2) is 61.5 Å². The van der Waals surface area contributed by atoms with E-state index in [0.717, 1.165) is 0 Å². The van der Waals surface area contributed by atoms with Gasteiger partial charge >= 0.3 is 5.97 Å². The lowest BCUT2D eigenvalue weighted by Crippen LogP contribution is -2.35. The molecule has 35 heavy (non-hydrogen) atoms. The van der Waals surface area contributed by atoms with Crippen molar-refractivity contribution in [2.24, 2.45) is 0 Å². The average Bonchev–Trinajstić information content (AvgIpc) is 3.46. The van der Waals surface area contributed by atoms with E-state index in [1.165, 1.54) is 17.2 Å². The van der Waals surface area contributed by atoms with Gasteiger partial charge in [-0.3, -0.25) is 9.36 Å². The van der Waals surface area contributed by atoms with Gasteiger partial charge in [0, 0.05) is 5.56 Å². The third kappa shape index (κ3) is 4.34. The highest BCUT2D eigenvalue weighted by Crippen LogP contribution is 2.36. The predicted octanol–water partition coefficient (Wildman–Crippen LogP) is 2.53. The number of halogens is 1. The lowest BCUT2D eigenvalue weighted by atomic mass is 10.1. The molecular weight excluding hydrogens is 457 g/mol. The zero-order valence-corrected chi connectivity index (χ0v) is 18.2. The number of ether oxygens (including phenoxy) is 2. The molecule has 1 aliphatic heterocycles. The number of aromatic nitrogens is 4. The van der Waals surface area contributed by atoms with Gasteiger partial charge < -0.3 is 19.9 Å². The topological polar surface area (TPSA) is 128 Å². The predicted molar refractivity (Wildman–Crippen MR) is 121 cm³/mol. The number of rotatable bonds is 6. The molecule has 11 heteroatoms. The van der Waals surface area contributed by atoms with Gasteiger partial charge in [-0.1, -0.05) is 36.4 Å². The molecular formula is C24H20FN5O5. The summed E-state index contributed by atoms with van der Waals surface area (Å²) in [6.45, 7) is -0.566. The molecule has 178 valence electrons. The van der Waals surface area contributed by atoms with Crippen molar-refractivity contribution in [1.29, 1.82) is 0 Å². The molecule has 10 nitrogen and oxygen atoms in total. The molecule has 2 aromatic carbocycles. The van der Waals surface area contributed by atoms with Crippen molar-refractivity contribution in [3.63, 3.8) is 0 Å². The van der Waals surface area contributed by atoms with Crippen molar-refractivity contribution in [1.82, 2.24) is 19.5 Å². The summed E-state index contributed by atoms with van der Waals surface area (Å²) in [4.78, 5) is 37.5. The second-order valence-corrected chi connectivity index (χ2v) is 7.79. The third-order valence-electron chi connectivity index (χ3n) is 5.60. The van der Waals surface area contributed by atoms with E-state index in [4.69, 9.17) is 9.47 Å². The number of nitrogens with one attached hydrogen (secondary N) is 1. The van der Waals surface area contributed by atoms with Gasteiger partial charge in [-0.2, -0.15) is 0 Å². The molecule has 4 atom stereocenters. The molecule has 0 unspecified atom stereocenters. The van der Waals surface area contributed by atoms with Gasteiger partial charge in [0.2, 0.25) is 0 Å². The van der Waals surface area contributed by atoms with Crippen LogP contribution in [0.5, 0.6) is 0 Å². The summed E-state index contributed by atoms with van der Waals surface area (Å²) in [6.07, 6.45) is -3.05. The normalized spacial score (nSPS) is 21.7. The molecule has 0 saturated carbocycles. The van der Waals surface area contributed by atoms with Crippen molar-refractivity contribution in [3.05, 3.63) is 84.4 Å². The first-order valence-electron chi connectivity index (χ1n) is 10.8. The van der Waals surface area contributed by atoms with Crippen molar-refractivity contribution in [2.45, 2.75) is 24.6 Å². The number of nitrogens with zero attached hydrogens (tertiary/aromatic N) is 4. The molecule has 0 aliphatic carbocycles. The highest BCUT2D eigenvalue weighted by molar-refractivity contribution is 6.06. The maximum Gasteiger partial charge on any atom is 0.338 e. The Morgan fingerprint density at radius 1 is 1.03 bits per heavy atom. The minimum absolute atomic E-state index is 0.141. The fraction of sp³-hybridized carbons (Fsp3) is 0.208. The SMILES string of the molecule is O=C(Nc1ncnc2c1ncn2[C@@H]1O[C@H](CO)[C@@H](OC(=O)c2ccccc2)[C@@H]1F)c1ccccc1. The molecule has 3 heterocycles. The largest absolute Gasteiger partial charge is 0.453 e. The quantitative estimate of drug-likeness (QED) is 0.406. The van der Waals surface area contributed by atoms with E-state index in [2.05, 4.69) is 20.3 Å². The van der Waals surface area contributed by atoms with Crippen molar-refractivity contribution < 1.29 is 28.6 Å². The number of aliphatic hydroxyl groups excluding tert-OH is 1. The van der Waals surface area contributed by atoms with Crippen LogP contribution in [0.25, 0.3) is 11.2 Å². The Morgan fingerprint density at radius 2 is 1.71 bits per heavy atom. The standard InChI is InChI=1S/C24H20FN5O5/c25-17-19(35-24(33)15-9-5-2-6-10-15)16(11-31)34-23(17)30-13-28-18-20(26-12-27-21(18)30)29-22(32)14-7-3-1-4-8-14/h1-10,12-13,16-17,19,23,31H,11H2,(H,26,27,29,32)/t16-,17+,19-,23-/m1/s1. The first-order chi connectivity index (χ1) is 17.1. The number of carbonyl (C=O) groups excluding carboxylic acids is 2. The van der Waals surface area contributed by atoms with E-state index in [-0.39, 0.29) is 22.5 Å². The number of benzene rings is 2. The van der Waals surface area contributed by atoms with Crippen molar-refractivity contribution >= 4 is 28.9 Å². The summed E-state index contributed by atoms with van der Waals surface area (Å²) in [7, 11) is 0. The number of aliphatic hydroxyl groups is 1. The summed E-state index contributed by atoms with van der Waals surface area (Å²) in [5, 5.41) is 12.4. The van der Waals surface area contributed by atoms with Crippen LogP contribution in [0.1, 0.15) is 26.9 Å². The minimum atomic E-state index is -1.82. The second kappa shape index (κ2) is 9.57. The van der Waals surface area contributed by atoms with E-state index in [1.807, 2.05) is 0 Å². The highest BCUT2D eigenvalue weighted by atomic mass is 19.1. The van der Waals surface area contributed by atoms with Gasteiger partial charge in [0.1, 0.15) is 12.4 Å². The Balaban J connectivity index is 1.39. The van der Waals surface area contributed by atoms with Crippen LogP contribution in [-0.2, 0) is 9.47 Å². The van der Waals surface area contributed by atoms with Crippen molar-refractivity contribution in [2.75, 3.05) is 11.9 Å². The fourth-order valence-electron chi connectivity index (χ4n) is 3.87. The molecule has 2 N–H and O–H groups in total. The van der Waals surface area contributed by atoms with E-state index in [0.29, 0.717) is 5.56 Å². The maximum atomic E-state index is 15.5. The van der Waals surface area contributed by atoms with Crippen LogP contribution in [0.2, 0.25) is 0 Å². The Kier molecular flexibility index (Phi) is 6.17. The number of imidazole rings is 1.